The first-order chi connectivity index (χ1) is 11.4. The maximum absolute atomic E-state index is 12.6. The molecule has 1 amide bonds. The lowest BCUT2D eigenvalue weighted by molar-refractivity contribution is -0.137. The Balaban J connectivity index is 1.92. The Morgan fingerprint density at radius 2 is 1.92 bits per heavy atom. The van der Waals surface area contributed by atoms with E-state index in [9.17, 15) is 18.0 Å². The summed E-state index contributed by atoms with van der Waals surface area (Å²) in [5, 5.41) is 3.68. The number of amides is 1. The van der Waals surface area contributed by atoms with Crippen LogP contribution in [-0.2, 0) is 17.4 Å². The predicted molar refractivity (Wildman–Crippen MR) is 83.9 cm³/mol. The number of carbonyl (C=O) groups excluding carboxylic acids is 1. The molecule has 0 aliphatic heterocycles. The topological polar surface area (TPSA) is 50.7 Å². The number of hydrogen-bond acceptors (Lipinski definition) is 3. The van der Waals surface area contributed by atoms with E-state index in [1.165, 1.54) is 18.3 Å². The second-order valence-corrected chi connectivity index (χ2v) is 4.94. The van der Waals surface area contributed by atoms with Gasteiger partial charge in [0.15, 0.2) is 0 Å². The number of halogens is 3. The van der Waals surface area contributed by atoms with E-state index in [0.29, 0.717) is 5.75 Å². The molecule has 0 unspecified atom stereocenters. The lowest BCUT2D eigenvalue weighted by atomic mass is 10.1. The predicted octanol–water partition coefficient (Wildman–Crippen LogP) is 3.41. The highest BCUT2D eigenvalue weighted by Gasteiger charge is 2.30. The van der Waals surface area contributed by atoms with Crippen LogP contribution in [0.3, 0.4) is 0 Å². The van der Waals surface area contributed by atoms with Crippen LogP contribution >= 0.6 is 0 Å². The molecule has 0 atom stereocenters. The van der Waals surface area contributed by atoms with Gasteiger partial charge in [0, 0.05) is 0 Å². The Labute approximate surface area is 137 Å². The van der Waals surface area contributed by atoms with Gasteiger partial charge < -0.3 is 4.74 Å². The van der Waals surface area contributed by atoms with Gasteiger partial charge in [0.2, 0.25) is 5.91 Å². The van der Waals surface area contributed by atoms with Gasteiger partial charge >= 0.3 is 6.18 Å². The molecule has 0 saturated heterocycles. The molecule has 2 rings (SSSR count). The third-order valence-corrected chi connectivity index (χ3v) is 3.14. The fraction of sp³-hybridized carbons (Fsp3) is 0.176. The standard InChI is InChI=1S/C17H15F3N2O2/c1-24-15-7-5-12(6-8-15)10-16(23)22-21-11-13-3-2-4-14(9-13)17(18,19)20/h2-9,11H,10H2,1H3,(H,22,23)/b21-11-. The van der Waals surface area contributed by atoms with Gasteiger partial charge in [-0.3, -0.25) is 4.79 Å². The summed E-state index contributed by atoms with van der Waals surface area (Å²) in [7, 11) is 1.55. The van der Waals surface area contributed by atoms with Crippen molar-refractivity contribution >= 4 is 12.1 Å². The fourth-order valence-electron chi connectivity index (χ4n) is 1.94. The zero-order valence-electron chi connectivity index (χ0n) is 12.8. The molecular formula is C17H15F3N2O2. The van der Waals surface area contributed by atoms with Crippen molar-refractivity contribution in [1.29, 1.82) is 0 Å². The minimum Gasteiger partial charge on any atom is -0.497 e. The number of hydrogen-bond donors (Lipinski definition) is 1. The van der Waals surface area contributed by atoms with Crippen LogP contribution in [-0.4, -0.2) is 19.2 Å². The van der Waals surface area contributed by atoms with Crippen LogP contribution in [0.2, 0.25) is 0 Å². The second kappa shape index (κ2) is 7.63. The van der Waals surface area contributed by atoms with Crippen molar-refractivity contribution in [2.75, 3.05) is 7.11 Å². The molecule has 2 aromatic carbocycles. The lowest BCUT2D eigenvalue weighted by Crippen LogP contribution is -2.19. The van der Waals surface area contributed by atoms with Crippen molar-refractivity contribution in [3.8, 4) is 5.75 Å². The minimum atomic E-state index is -4.42. The molecular weight excluding hydrogens is 321 g/mol. The molecule has 24 heavy (non-hydrogen) atoms. The van der Waals surface area contributed by atoms with Gasteiger partial charge in [-0.1, -0.05) is 24.3 Å². The maximum Gasteiger partial charge on any atom is 0.416 e. The summed E-state index contributed by atoms with van der Waals surface area (Å²) in [6.45, 7) is 0. The quantitative estimate of drug-likeness (QED) is 0.672. The lowest BCUT2D eigenvalue weighted by Gasteiger charge is -2.06. The molecule has 0 bridgehead atoms. The van der Waals surface area contributed by atoms with Crippen LogP contribution < -0.4 is 10.2 Å². The minimum absolute atomic E-state index is 0.101. The van der Waals surface area contributed by atoms with Gasteiger partial charge in [-0.25, -0.2) is 5.43 Å². The summed E-state index contributed by atoms with van der Waals surface area (Å²) >= 11 is 0. The molecule has 0 aliphatic carbocycles. The Morgan fingerprint density at radius 3 is 2.54 bits per heavy atom. The zero-order valence-corrected chi connectivity index (χ0v) is 12.8. The molecule has 0 spiro atoms. The first-order valence-electron chi connectivity index (χ1n) is 7.00. The Bertz CT molecular complexity index is 725. The number of ether oxygens (including phenoxy) is 1. The van der Waals surface area contributed by atoms with Crippen molar-refractivity contribution in [2.45, 2.75) is 12.6 Å². The molecule has 0 radical (unpaired) electrons. The van der Waals surface area contributed by atoms with E-state index < -0.39 is 11.7 Å². The monoisotopic (exact) mass is 336 g/mol. The molecule has 126 valence electrons. The zero-order chi connectivity index (χ0) is 17.6. The molecule has 0 aromatic heterocycles. The summed E-state index contributed by atoms with van der Waals surface area (Å²) in [6.07, 6.45) is -3.15. The summed E-state index contributed by atoms with van der Waals surface area (Å²) in [6, 6.07) is 11.6. The van der Waals surface area contributed by atoms with Crippen molar-refractivity contribution in [1.82, 2.24) is 5.43 Å². The Kier molecular flexibility index (Phi) is 5.57. The Hall–Kier alpha value is -2.83. The molecule has 0 fully saturated rings. The SMILES string of the molecule is COc1ccc(CC(=O)N/N=C\c2cccc(C(F)(F)F)c2)cc1. The van der Waals surface area contributed by atoms with Gasteiger partial charge in [-0.15, -0.1) is 0 Å². The molecule has 0 saturated carbocycles. The summed E-state index contributed by atoms with van der Waals surface area (Å²) in [5.41, 5.74) is 2.53. The Morgan fingerprint density at radius 1 is 1.21 bits per heavy atom. The molecule has 4 nitrogen and oxygen atoms in total. The van der Waals surface area contributed by atoms with E-state index in [2.05, 4.69) is 10.5 Å². The first kappa shape index (κ1) is 17.5. The second-order valence-electron chi connectivity index (χ2n) is 4.94. The first-order valence-corrected chi connectivity index (χ1v) is 7.00. The summed E-state index contributed by atoms with van der Waals surface area (Å²) in [4.78, 5) is 11.7. The maximum atomic E-state index is 12.6. The fourth-order valence-corrected chi connectivity index (χ4v) is 1.94. The number of rotatable bonds is 5. The van der Waals surface area contributed by atoms with Crippen molar-refractivity contribution < 1.29 is 22.7 Å². The highest BCUT2D eigenvalue weighted by atomic mass is 19.4. The van der Waals surface area contributed by atoms with Gasteiger partial charge in [0.05, 0.1) is 25.3 Å². The summed E-state index contributed by atoms with van der Waals surface area (Å²) in [5.74, 6) is 0.310. The van der Waals surface area contributed by atoms with Crippen molar-refractivity contribution in [3.63, 3.8) is 0 Å². The molecule has 1 N–H and O–H groups in total. The van der Waals surface area contributed by atoms with Crippen LogP contribution in [0, 0.1) is 0 Å². The van der Waals surface area contributed by atoms with E-state index in [4.69, 9.17) is 4.74 Å². The third kappa shape index (κ3) is 5.12. The normalized spacial score (nSPS) is 11.5. The highest BCUT2D eigenvalue weighted by molar-refractivity contribution is 5.83. The van der Waals surface area contributed by atoms with Gasteiger partial charge in [-0.05, 0) is 35.4 Å². The van der Waals surface area contributed by atoms with Crippen LogP contribution in [0.5, 0.6) is 5.75 Å². The van der Waals surface area contributed by atoms with Crippen LogP contribution in [0.1, 0.15) is 16.7 Å². The van der Waals surface area contributed by atoms with Crippen LogP contribution in [0.15, 0.2) is 53.6 Å². The molecule has 7 heteroatoms. The molecule has 2 aromatic rings. The summed E-state index contributed by atoms with van der Waals surface area (Å²) < 4.78 is 42.8. The van der Waals surface area contributed by atoms with E-state index in [1.807, 2.05) is 0 Å². The van der Waals surface area contributed by atoms with Crippen LogP contribution in [0.4, 0.5) is 13.2 Å². The van der Waals surface area contributed by atoms with E-state index in [0.717, 1.165) is 17.7 Å². The number of benzene rings is 2. The molecule has 0 heterocycles. The van der Waals surface area contributed by atoms with Crippen molar-refractivity contribution in [2.24, 2.45) is 5.10 Å². The average Bonchev–Trinajstić information content (AvgIpc) is 2.55. The van der Waals surface area contributed by atoms with Gasteiger partial charge in [0.1, 0.15) is 5.75 Å². The van der Waals surface area contributed by atoms with E-state index >= 15 is 0 Å². The van der Waals surface area contributed by atoms with Crippen molar-refractivity contribution in [3.05, 3.63) is 65.2 Å². The molecule has 0 aliphatic rings. The van der Waals surface area contributed by atoms with E-state index in [1.54, 1.807) is 31.4 Å². The largest absolute Gasteiger partial charge is 0.497 e. The number of carbonyl (C=O) groups is 1. The number of alkyl halides is 3. The van der Waals surface area contributed by atoms with Crippen LogP contribution in [0.25, 0.3) is 0 Å². The highest BCUT2D eigenvalue weighted by Crippen LogP contribution is 2.29. The third-order valence-electron chi connectivity index (χ3n) is 3.14. The smallest absolute Gasteiger partial charge is 0.416 e. The average molecular weight is 336 g/mol. The number of hydrazone groups is 1. The number of nitrogens with one attached hydrogen (secondary N) is 1. The van der Waals surface area contributed by atoms with E-state index in [-0.39, 0.29) is 17.9 Å². The number of methoxy groups -OCH3 is 1. The number of nitrogens with zero attached hydrogens (tertiary/aromatic N) is 1. The van der Waals surface area contributed by atoms with Gasteiger partial charge in [0.25, 0.3) is 0 Å². The van der Waals surface area contributed by atoms with Gasteiger partial charge in [-0.2, -0.15) is 18.3 Å².